The van der Waals surface area contributed by atoms with Crippen LogP contribution in [-0.4, -0.2) is 9.97 Å². The van der Waals surface area contributed by atoms with Gasteiger partial charge in [0.25, 0.3) is 5.56 Å². The fraction of sp³-hybridized carbons (Fsp3) is 0.333. The van der Waals surface area contributed by atoms with Gasteiger partial charge in [-0.25, -0.2) is 9.37 Å². The topological polar surface area (TPSA) is 45.8 Å². The van der Waals surface area contributed by atoms with Crippen LogP contribution in [0.1, 0.15) is 16.3 Å². The van der Waals surface area contributed by atoms with Crippen molar-refractivity contribution in [1.29, 1.82) is 0 Å². The predicted octanol–water partition coefficient (Wildman–Crippen LogP) is 2.07. The molecule has 0 radical (unpaired) electrons. The lowest BCUT2D eigenvalue weighted by molar-refractivity contribution is 0.466. The molecule has 0 bridgehead atoms. The second kappa shape index (κ2) is 3.16. The smallest absolute Gasteiger partial charge is 0.260 e. The first-order valence-electron chi connectivity index (χ1n) is 4.18. The van der Waals surface area contributed by atoms with E-state index >= 15 is 0 Å². The molecule has 0 aliphatic rings. The van der Waals surface area contributed by atoms with Crippen LogP contribution in [0.25, 0.3) is 10.2 Å². The number of fused-ring (bicyclic) bond motifs is 1. The third-order valence-electron chi connectivity index (χ3n) is 2.21. The maximum atomic E-state index is 12.3. The molecule has 0 aromatic carbocycles. The van der Waals surface area contributed by atoms with Crippen LogP contribution >= 0.6 is 11.3 Å². The molecule has 0 fully saturated rings. The van der Waals surface area contributed by atoms with Gasteiger partial charge >= 0.3 is 0 Å². The van der Waals surface area contributed by atoms with Gasteiger partial charge in [-0.2, -0.15) is 0 Å². The maximum Gasteiger partial charge on any atom is 0.260 e. The van der Waals surface area contributed by atoms with Crippen LogP contribution in [0.15, 0.2) is 4.79 Å². The van der Waals surface area contributed by atoms with Crippen molar-refractivity contribution in [1.82, 2.24) is 9.97 Å². The molecule has 0 aliphatic carbocycles. The molecule has 2 heterocycles. The summed E-state index contributed by atoms with van der Waals surface area (Å²) in [5, 5.41) is 0.588. The lowest BCUT2D eigenvalue weighted by atomic mass is 10.2. The van der Waals surface area contributed by atoms with Crippen LogP contribution in [-0.2, 0) is 6.67 Å². The molecule has 2 aromatic rings. The summed E-state index contributed by atoms with van der Waals surface area (Å²) in [6, 6.07) is 0. The van der Waals surface area contributed by atoms with Gasteiger partial charge in [0.05, 0.1) is 5.39 Å². The Labute approximate surface area is 83.6 Å². The highest BCUT2D eigenvalue weighted by molar-refractivity contribution is 7.18. The van der Waals surface area contributed by atoms with Crippen molar-refractivity contribution in [2.45, 2.75) is 20.5 Å². The van der Waals surface area contributed by atoms with E-state index in [1.54, 1.807) is 0 Å². The van der Waals surface area contributed by atoms with E-state index in [1.165, 1.54) is 11.3 Å². The monoisotopic (exact) mass is 212 g/mol. The lowest BCUT2D eigenvalue weighted by Gasteiger charge is -1.94. The molecule has 0 aliphatic heterocycles. The quantitative estimate of drug-likeness (QED) is 0.786. The highest BCUT2D eigenvalue weighted by Crippen LogP contribution is 2.25. The first-order chi connectivity index (χ1) is 6.63. The molecule has 0 atom stereocenters. The first kappa shape index (κ1) is 9.33. The fourth-order valence-electron chi connectivity index (χ4n) is 1.36. The van der Waals surface area contributed by atoms with E-state index in [1.807, 2.05) is 13.8 Å². The predicted molar refractivity (Wildman–Crippen MR) is 54.5 cm³/mol. The second-order valence-corrected chi connectivity index (χ2v) is 4.31. The van der Waals surface area contributed by atoms with E-state index < -0.39 is 6.67 Å². The average Bonchev–Trinajstić information content (AvgIpc) is 2.43. The van der Waals surface area contributed by atoms with Crippen molar-refractivity contribution in [3.05, 3.63) is 26.6 Å². The summed E-state index contributed by atoms with van der Waals surface area (Å²) in [4.78, 5) is 19.7. The Kier molecular flexibility index (Phi) is 2.11. The SMILES string of the molecule is Cc1sc2nc(CF)[nH]c(=O)c2c1C. The molecule has 5 heteroatoms. The van der Waals surface area contributed by atoms with Crippen LogP contribution in [0, 0.1) is 13.8 Å². The highest BCUT2D eigenvalue weighted by atomic mass is 32.1. The number of aryl methyl sites for hydroxylation is 2. The van der Waals surface area contributed by atoms with Gasteiger partial charge in [0.2, 0.25) is 0 Å². The van der Waals surface area contributed by atoms with Crippen LogP contribution in [0.2, 0.25) is 0 Å². The minimum absolute atomic E-state index is 0.101. The van der Waals surface area contributed by atoms with Crippen molar-refractivity contribution in [2.24, 2.45) is 0 Å². The molecule has 74 valence electrons. The van der Waals surface area contributed by atoms with Crippen molar-refractivity contribution in [2.75, 3.05) is 0 Å². The number of alkyl halides is 1. The standard InChI is InChI=1S/C9H9FN2OS/c1-4-5(2)14-9-7(4)8(13)11-6(3-10)12-9/h3H2,1-2H3,(H,11,12,13). The summed E-state index contributed by atoms with van der Waals surface area (Å²) in [5.74, 6) is 0.101. The molecule has 0 saturated carbocycles. The van der Waals surface area contributed by atoms with Crippen LogP contribution in [0.3, 0.4) is 0 Å². The van der Waals surface area contributed by atoms with Crippen LogP contribution < -0.4 is 5.56 Å². The minimum Gasteiger partial charge on any atom is -0.308 e. The Morgan fingerprint density at radius 1 is 1.50 bits per heavy atom. The van der Waals surface area contributed by atoms with Gasteiger partial charge < -0.3 is 4.98 Å². The summed E-state index contributed by atoms with van der Waals surface area (Å²) in [7, 11) is 0. The van der Waals surface area contributed by atoms with Gasteiger partial charge in [0.15, 0.2) is 0 Å². The van der Waals surface area contributed by atoms with E-state index in [4.69, 9.17) is 0 Å². The average molecular weight is 212 g/mol. The Morgan fingerprint density at radius 2 is 2.21 bits per heavy atom. The number of hydrogen-bond acceptors (Lipinski definition) is 3. The summed E-state index contributed by atoms with van der Waals surface area (Å²) in [6.07, 6.45) is 0. The third kappa shape index (κ3) is 1.24. The maximum absolute atomic E-state index is 12.3. The van der Waals surface area contributed by atoms with E-state index in [2.05, 4.69) is 9.97 Å². The molecule has 0 amide bonds. The molecular weight excluding hydrogens is 203 g/mol. The highest BCUT2D eigenvalue weighted by Gasteiger charge is 2.11. The third-order valence-corrected chi connectivity index (χ3v) is 3.32. The summed E-state index contributed by atoms with van der Waals surface area (Å²) >= 11 is 1.42. The van der Waals surface area contributed by atoms with Gasteiger partial charge in [-0.05, 0) is 19.4 Å². The lowest BCUT2D eigenvalue weighted by Crippen LogP contribution is -2.10. The number of H-pyrrole nitrogens is 1. The number of rotatable bonds is 1. The van der Waals surface area contributed by atoms with Crippen molar-refractivity contribution in [3.8, 4) is 0 Å². The first-order valence-corrected chi connectivity index (χ1v) is 5.00. The van der Waals surface area contributed by atoms with Gasteiger partial charge in [-0.3, -0.25) is 4.79 Å². The number of aromatic amines is 1. The summed E-state index contributed by atoms with van der Waals surface area (Å²) in [5.41, 5.74) is 0.689. The zero-order chi connectivity index (χ0) is 10.3. The van der Waals surface area contributed by atoms with Crippen molar-refractivity contribution in [3.63, 3.8) is 0 Å². The number of nitrogens with one attached hydrogen (secondary N) is 1. The Morgan fingerprint density at radius 3 is 2.86 bits per heavy atom. The number of hydrogen-bond donors (Lipinski definition) is 1. The van der Waals surface area contributed by atoms with Gasteiger partial charge in [-0.1, -0.05) is 0 Å². The molecule has 0 unspecified atom stereocenters. The molecule has 0 spiro atoms. The fourth-order valence-corrected chi connectivity index (χ4v) is 2.41. The van der Waals surface area contributed by atoms with Crippen LogP contribution in [0.4, 0.5) is 4.39 Å². The second-order valence-electron chi connectivity index (χ2n) is 3.11. The molecule has 3 nitrogen and oxygen atoms in total. The van der Waals surface area contributed by atoms with E-state index in [9.17, 15) is 9.18 Å². The Bertz CT molecular complexity index is 543. The molecule has 14 heavy (non-hydrogen) atoms. The van der Waals surface area contributed by atoms with Gasteiger partial charge in [-0.15, -0.1) is 11.3 Å². The summed E-state index contributed by atoms with van der Waals surface area (Å²) < 4.78 is 12.3. The largest absolute Gasteiger partial charge is 0.308 e. The number of aromatic nitrogens is 2. The minimum atomic E-state index is -0.735. The number of thiophene rings is 1. The molecule has 2 rings (SSSR count). The zero-order valence-electron chi connectivity index (χ0n) is 7.85. The Balaban J connectivity index is 2.90. The molecular formula is C9H9FN2OS. The van der Waals surface area contributed by atoms with Crippen molar-refractivity contribution < 1.29 is 4.39 Å². The summed E-state index contributed by atoms with van der Waals surface area (Å²) in [6.45, 7) is 3.07. The van der Waals surface area contributed by atoms with E-state index in [0.717, 1.165) is 10.4 Å². The van der Waals surface area contributed by atoms with Crippen LogP contribution in [0.5, 0.6) is 0 Å². The van der Waals surface area contributed by atoms with Gasteiger partial charge in [0.1, 0.15) is 17.3 Å². The number of nitrogens with zero attached hydrogens (tertiary/aromatic N) is 1. The van der Waals surface area contributed by atoms with E-state index in [0.29, 0.717) is 10.2 Å². The van der Waals surface area contributed by atoms with E-state index in [-0.39, 0.29) is 11.4 Å². The molecule has 1 N–H and O–H groups in total. The molecule has 2 aromatic heterocycles. The normalized spacial score (nSPS) is 11.1. The zero-order valence-corrected chi connectivity index (χ0v) is 8.67. The van der Waals surface area contributed by atoms with Gasteiger partial charge in [0, 0.05) is 4.88 Å². The number of halogens is 1. The van der Waals surface area contributed by atoms with Crippen molar-refractivity contribution >= 4 is 21.6 Å². The Hall–Kier alpha value is -1.23. The molecule has 0 saturated heterocycles.